The SMILES string of the molecule is Nc1ncc(F)c(NN2CCCCC2)n1. The van der Waals surface area contributed by atoms with Gasteiger partial charge in [0, 0.05) is 13.1 Å². The van der Waals surface area contributed by atoms with Gasteiger partial charge in [0.05, 0.1) is 6.20 Å². The summed E-state index contributed by atoms with van der Waals surface area (Å²) in [4.78, 5) is 7.37. The van der Waals surface area contributed by atoms with Crippen molar-refractivity contribution in [2.75, 3.05) is 24.2 Å². The van der Waals surface area contributed by atoms with Crippen molar-refractivity contribution < 1.29 is 4.39 Å². The van der Waals surface area contributed by atoms with Crippen LogP contribution in [0.5, 0.6) is 0 Å². The van der Waals surface area contributed by atoms with Crippen molar-refractivity contribution in [2.45, 2.75) is 19.3 Å². The molecule has 82 valence electrons. The van der Waals surface area contributed by atoms with Crippen LogP contribution in [0.2, 0.25) is 0 Å². The van der Waals surface area contributed by atoms with E-state index in [1.54, 1.807) is 0 Å². The predicted molar refractivity (Wildman–Crippen MR) is 55.4 cm³/mol. The molecule has 1 aromatic rings. The summed E-state index contributed by atoms with van der Waals surface area (Å²) in [5.41, 5.74) is 8.30. The summed E-state index contributed by atoms with van der Waals surface area (Å²) in [5, 5.41) is 1.95. The van der Waals surface area contributed by atoms with Crippen LogP contribution >= 0.6 is 0 Å². The van der Waals surface area contributed by atoms with Gasteiger partial charge in [-0.05, 0) is 12.8 Å². The number of nitrogen functional groups attached to an aromatic ring is 1. The van der Waals surface area contributed by atoms with Crippen molar-refractivity contribution in [2.24, 2.45) is 0 Å². The molecule has 0 bridgehead atoms. The van der Waals surface area contributed by atoms with Crippen molar-refractivity contribution in [3.8, 4) is 0 Å². The van der Waals surface area contributed by atoms with Crippen molar-refractivity contribution in [3.05, 3.63) is 12.0 Å². The molecule has 0 radical (unpaired) electrons. The van der Waals surface area contributed by atoms with Gasteiger partial charge in [0.25, 0.3) is 0 Å². The van der Waals surface area contributed by atoms with Crippen molar-refractivity contribution in [1.29, 1.82) is 0 Å². The number of piperidine rings is 1. The molecule has 0 amide bonds. The Bertz CT molecular complexity index is 337. The maximum Gasteiger partial charge on any atom is 0.222 e. The van der Waals surface area contributed by atoms with E-state index in [1.807, 2.05) is 5.01 Å². The molecule has 2 heterocycles. The summed E-state index contributed by atoms with van der Waals surface area (Å²) < 4.78 is 13.3. The molecule has 0 unspecified atom stereocenters. The minimum atomic E-state index is -0.477. The molecular weight excluding hydrogens is 197 g/mol. The first-order valence-electron chi connectivity index (χ1n) is 5.05. The molecule has 6 heteroatoms. The number of hydrogen-bond acceptors (Lipinski definition) is 5. The van der Waals surface area contributed by atoms with Crippen LogP contribution in [-0.4, -0.2) is 28.1 Å². The molecule has 0 aromatic carbocycles. The number of nitrogens with two attached hydrogens (primary N) is 1. The second-order valence-corrected chi connectivity index (χ2v) is 3.58. The second-order valence-electron chi connectivity index (χ2n) is 3.58. The zero-order chi connectivity index (χ0) is 10.7. The number of nitrogens with zero attached hydrogens (tertiary/aromatic N) is 3. The van der Waals surface area contributed by atoms with Gasteiger partial charge in [0.15, 0.2) is 11.6 Å². The standard InChI is InChI=1S/C9H14FN5/c10-7-6-12-9(11)13-8(7)14-15-4-2-1-3-5-15/h6H,1-5H2,(H3,11,12,13,14). The third-order valence-electron chi connectivity index (χ3n) is 2.38. The van der Waals surface area contributed by atoms with E-state index in [1.165, 1.54) is 6.42 Å². The summed E-state index contributed by atoms with van der Waals surface area (Å²) in [7, 11) is 0. The first-order valence-corrected chi connectivity index (χ1v) is 5.05. The fourth-order valence-electron chi connectivity index (χ4n) is 1.61. The van der Waals surface area contributed by atoms with Crippen LogP contribution in [0.1, 0.15) is 19.3 Å². The molecule has 3 N–H and O–H groups in total. The number of anilines is 2. The Morgan fingerprint density at radius 2 is 2.07 bits per heavy atom. The maximum atomic E-state index is 13.3. The molecular formula is C9H14FN5. The van der Waals surface area contributed by atoms with Crippen LogP contribution in [-0.2, 0) is 0 Å². The Morgan fingerprint density at radius 3 is 2.80 bits per heavy atom. The van der Waals surface area contributed by atoms with Crippen LogP contribution in [0.25, 0.3) is 0 Å². The zero-order valence-electron chi connectivity index (χ0n) is 8.41. The molecule has 5 nitrogen and oxygen atoms in total. The average molecular weight is 211 g/mol. The zero-order valence-corrected chi connectivity index (χ0v) is 8.41. The minimum absolute atomic E-state index is 0.0795. The van der Waals surface area contributed by atoms with Crippen molar-refractivity contribution in [1.82, 2.24) is 15.0 Å². The topological polar surface area (TPSA) is 67.1 Å². The van der Waals surface area contributed by atoms with Gasteiger partial charge in [-0.1, -0.05) is 6.42 Å². The number of hydrogen-bond donors (Lipinski definition) is 2. The van der Waals surface area contributed by atoms with Crippen molar-refractivity contribution >= 4 is 11.8 Å². The van der Waals surface area contributed by atoms with Crippen molar-refractivity contribution in [3.63, 3.8) is 0 Å². The quantitative estimate of drug-likeness (QED) is 0.764. The highest BCUT2D eigenvalue weighted by Crippen LogP contribution is 2.14. The Kier molecular flexibility index (Phi) is 2.96. The Balaban J connectivity index is 2.05. The van der Waals surface area contributed by atoms with E-state index in [4.69, 9.17) is 5.73 Å². The lowest BCUT2D eigenvalue weighted by molar-refractivity contribution is 0.270. The highest BCUT2D eigenvalue weighted by Gasteiger charge is 2.13. The fraction of sp³-hybridized carbons (Fsp3) is 0.556. The highest BCUT2D eigenvalue weighted by molar-refractivity contribution is 5.38. The molecule has 0 saturated carbocycles. The van der Waals surface area contributed by atoms with E-state index in [0.717, 1.165) is 32.1 Å². The number of rotatable bonds is 2. The maximum absolute atomic E-state index is 13.3. The fourth-order valence-corrected chi connectivity index (χ4v) is 1.61. The Hall–Kier alpha value is -1.43. The molecule has 0 aliphatic carbocycles. The second kappa shape index (κ2) is 4.39. The molecule has 1 aromatic heterocycles. The predicted octanol–water partition coefficient (Wildman–Crippen LogP) is 1.01. The van der Waals surface area contributed by atoms with Gasteiger partial charge in [-0.25, -0.2) is 14.4 Å². The highest BCUT2D eigenvalue weighted by atomic mass is 19.1. The average Bonchev–Trinajstić information content (AvgIpc) is 2.25. The van der Waals surface area contributed by atoms with Gasteiger partial charge in [-0.3, -0.25) is 0 Å². The summed E-state index contributed by atoms with van der Waals surface area (Å²) in [6.45, 7) is 1.81. The van der Waals surface area contributed by atoms with Gasteiger partial charge in [0.2, 0.25) is 5.95 Å². The summed E-state index contributed by atoms with van der Waals surface area (Å²) in [5.74, 6) is -0.241. The number of nitrogens with one attached hydrogen (secondary N) is 1. The molecule has 1 fully saturated rings. The third kappa shape index (κ3) is 2.53. The molecule has 0 atom stereocenters. The van der Waals surface area contributed by atoms with Gasteiger partial charge in [-0.15, -0.1) is 0 Å². The van der Waals surface area contributed by atoms with Crippen LogP contribution in [0.4, 0.5) is 16.2 Å². The van der Waals surface area contributed by atoms with E-state index in [-0.39, 0.29) is 11.8 Å². The van der Waals surface area contributed by atoms with E-state index >= 15 is 0 Å². The van der Waals surface area contributed by atoms with Crippen LogP contribution in [0.3, 0.4) is 0 Å². The van der Waals surface area contributed by atoms with E-state index in [2.05, 4.69) is 15.4 Å². The van der Waals surface area contributed by atoms with Crippen LogP contribution < -0.4 is 11.2 Å². The lowest BCUT2D eigenvalue weighted by atomic mass is 10.2. The third-order valence-corrected chi connectivity index (χ3v) is 2.38. The van der Waals surface area contributed by atoms with Gasteiger partial charge in [-0.2, -0.15) is 4.98 Å². The molecule has 1 saturated heterocycles. The van der Waals surface area contributed by atoms with Crippen LogP contribution in [0, 0.1) is 5.82 Å². The lowest BCUT2D eigenvalue weighted by Crippen LogP contribution is -2.35. The summed E-state index contributed by atoms with van der Waals surface area (Å²) in [6.07, 6.45) is 4.55. The van der Waals surface area contributed by atoms with Gasteiger partial charge < -0.3 is 11.2 Å². The van der Waals surface area contributed by atoms with Crippen LogP contribution in [0.15, 0.2) is 6.20 Å². The monoisotopic (exact) mass is 211 g/mol. The smallest absolute Gasteiger partial charge is 0.222 e. The first kappa shape index (κ1) is 10.1. The lowest BCUT2D eigenvalue weighted by Gasteiger charge is -2.27. The number of hydrazine groups is 1. The molecule has 2 rings (SSSR count). The van der Waals surface area contributed by atoms with Gasteiger partial charge in [0.1, 0.15) is 0 Å². The van der Waals surface area contributed by atoms with Gasteiger partial charge >= 0.3 is 0 Å². The number of aromatic nitrogens is 2. The van der Waals surface area contributed by atoms with E-state index in [9.17, 15) is 4.39 Å². The normalized spacial score (nSPS) is 17.7. The number of halogens is 1. The minimum Gasteiger partial charge on any atom is -0.368 e. The summed E-state index contributed by atoms with van der Waals surface area (Å²) in [6, 6.07) is 0. The first-order chi connectivity index (χ1) is 7.25. The Labute approximate surface area is 87.5 Å². The van der Waals surface area contributed by atoms with E-state index < -0.39 is 5.82 Å². The molecule has 0 spiro atoms. The Morgan fingerprint density at radius 1 is 1.33 bits per heavy atom. The van der Waals surface area contributed by atoms with E-state index in [0.29, 0.717) is 0 Å². The summed E-state index contributed by atoms with van der Waals surface area (Å²) >= 11 is 0. The molecule has 1 aliphatic heterocycles. The molecule has 15 heavy (non-hydrogen) atoms. The largest absolute Gasteiger partial charge is 0.368 e. The molecule has 1 aliphatic rings.